The molecule has 0 radical (unpaired) electrons. The lowest BCUT2D eigenvalue weighted by Crippen LogP contribution is -2.45. The Kier molecular flexibility index (Phi) is 6.09. The summed E-state index contributed by atoms with van der Waals surface area (Å²) in [5, 5.41) is 9.35. The van der Waals surface area contributed by atoms with E-state index in [1.807, 2.05) is 67.6 Å². The van der Waals surface area contributed by atoms with Crippen LogP contribution < -0.4 is 0 Å². The molecule has 1 saturated heterocycles. The quantitative estimate of drug-likeness (QED) is 0.794. The van der Waals surface area contributed by atoms with Gasteiger partial charge in [-0.3, -0.25) is 9.59 Å². The van der Waals surface area contributed by atoms with Crippen molar-refractivity contribution >= 4 is 18.0 Å². The number of hydrogen-bond donors (Lipinski definition) is 1. The Hall–Kier alpha value is -3.15. The second-order valence-electron chi connectivity index (χ2n) is 7.03. The summed E-state index contributed by atoms with van der Waals surface area (Å²) in [7, 11) is 0. The van der Waals surface area contributed by atoms with Gasteiger partial charge >= 0.3 is 12.1 Å². The van der Waals surface area contributed by atoms with Gasteiger partial charge in [-0.2, -0.15) is 0 Å². The molecule has 2 aromatic carbocycles. The van der Waals surface area contributed by atoms with Crippen molar-refractivity contribution in [2.45, 2.75) is 31.7 Å². The van der Waals surface area contributed by atoms with Gasteiger partial charge in [0, 0.05) is 0 Å². The molecule has 0 bridgehead atoms. The smallest absolute Gasteiger partial charge is 0.416 e. The van der Waals surface area contributed by atoms with Gasteiger partial charge in [-0.25, -0.2) is 9.69 Å². The van der Waals surface area contributed by atoms with Gasteiger partial charge in [0.1, 0.15) is 6.61 Å². The van der Waals surface area contributed by atoms with Crippen LogP contribution in [-0.2, 0) is 20.7 Å². The average molecular weight is 381 g/mol. The van der Waals surface area contributed by atoms with Crippen molar-refractivity contribution in [1.29, 1.82) is 0 Å². The van der Waals surface area contributed by atoms with E-state index in [4.69, 9.17) is 4.74 Å². The van der Waals surface area contributed by atoms with E-state index in [1.54, 1.807) is 0 Å². The predicted molar refractivity (Wildman–Crippen MR) is 103 cm³/mol. The monoisotopic (exact) mass is 381 g/mol. The number of ether oxygens (including phenoxy) is 1. The number of benzene rings is 2. The van der Waals surface area contributed by atoms with Crippen LogP contribution in [-0.4, -0.2) is 40.6 Å². The van der Waals surface area contributed by atoms with Crippen LogP contribution in [0.4, 0.5) is 4.79 Å². The maximum absolute atomic E-state index is 13.3. The zero-order valence-corrected chi connectivity index (χ0v) is 15.7. The third kappa shape index (κ3) is 4.39. The minimum Gasteiger partial charge on any atom is -0.481 e. The van der Waals surface area contributed by atoms with Crippen LogP contribution in [0, 0.1) is 5.92 Å². The number of cyclic esters (lactones) is 1. The van der Waals surface area contributed by atoms with Crippen LogP contribution in [0.1, 0.15) is 30.4 Å². The maximum Gasteiger partial charge on any atom is 0.416 e. The maximum atomic E-state index is 13.3. The van der Waals surface area contributed by atoms with E-state index in [0.717, 1.165) is 16.0 Å². The molecule has 0 spiro atoms. The van der Waals surface area contributed by atoms with Crippen molar-refractivity contribution in [1.82, 2.24) is 4.90 Å². The van der Waals surface area contributed by atoms with Gasteiger partial charge in [-0.15, -0.1) is 0 Å². The number of imide groups is 1. The molecule has 3 rings (SSSR count). The topological polar surface area (TPSA) is 83.9 Å². The van der Waals surface area contributed by atoms with Crippen LogP contribution in [0.5, 0.6) is 0 Å². The normalized spacial score (nSPS) is 18.4. The molecule has 0 aromatic heterocycles. The van der Waals surface area contributed by atoms with Crippen molar-refractivity contribution in [3.63, 3.8) is 0 Å². The Morgan fingerprint density at radius 1 is 1.11 bits per heavy atom. The molecule has 28 heavy (non-hydrogen) atoms. The molecule has 1 aliphatic rings. The summed E-state index contributed by atoms with van der Waals surface area (Å²) < 4.78 is 5.13. The fraction of sp³-hybridized carbons (Fsp3) is 0.318. The summed E-state index contributed by atoms with van der Waals surface area (Å²) in [5.74, 6) is -2.78. The van der Waals surface area contributed by atoms with Crippen LogP contribution in [0.2, 0.25) is 0 Å². The van der Waals surface area contributed by atoms with E-state index in [0.29, 0.717) is 6.42 Å². The standard InChI is InChI=1S/C22H23NO5/c1-15(17-10-6-3-7-11-17)19(13-20(24)25)21(26)23-18(14-28-22(23)27)12-16-8-4-2-5-9-16/h2-11,15,18-19H,12-14H2,1H3,(H,24,25)/t15?,18-,19?/m1/s1. The number of carbonyl (C=O) groups is 3. The van der Waals surface area contributed by atoms with E-state index in [-0.39, 0.29) is 18.9 Å². The van der Waals surface area contributed by atoms with Gasteiger partial charge < -0.3 is 9.84 Å². The van der Waals surface area contributed by atoms with E-state index < -0.39 is 29.9 Å². The van der Waals surface area contributed by atoms with Gasteiger partial charge in [0.05, 0.1) is 18.4 Å². The molecule has 0 aliphatic carbocycles. The summed E-state index contributed by atoms with van der Waals surface area (Å²) in [6.07, 6.45) is -0.587. The first-order valence-corrected chi connectivity index (χ1v) is 9.28. The highest BCUT2D eigenvalue weighted by Crippen LogP contribution is 2.31. The van der Waals surface area contributed by atoms with Crippen LogP contribution in [0.3, 0.4) is 0 Å². The molecule has 3 atom stereocenters. The summed E-state index contributed by atoms with van der Waals surface area (Å²) in [6.45, 7) is 1.92. The largest absolute Gasteiger partial charge is 0.481 e. The number of rotatable bonds is 7. The zero-order valence-electron chi connectivity index (χ0n) is 15.7. The number of aliphatic carboxylic acids is 1. The summed E-state index contributed by atoms with van der Waals surface area (Å²) in [6, 6.07) is 18.3. The molecule has 1 fully saturated rings. The lowest BCUT2D eigenvalue weighted by Gasteiger charge is -2.28. The molecule has 2 aromatic rings. The zero-order chi connectivity index (χ0) is 20.1. The minimum atomic E-state index is -1.08. The number of carboxylic acids is 1. The summed E-state index contributed by atoms with van der Waals surface area (Å²) in [4.78, 5) is 38.1. The molecule has 146 valence electrons. The Balaban J connectivity index is 1.85. The predicted octanol–water partition coefficient (Wildman–Crippen LogP) is 3.47. The first-order chi connectivity index (χ1) is 13.5. The lowest BCUT2D eigenvalue weighted by atomic mass is 9.84. The van der Waals surface area contributed by atoms with Gasteiger partial charge in [-0.05, 0) is 23.5 Å². The Morgan fingerprint density at radius 2 is 1.71 bits per heavy atom. The third-order valence-corrected chi connectivity index (χ3v) is 5.15. The minimum absolute atomic E-state index is 0.110. The molecule has 6 nitrogen and oxygen atoms in total. The molecule has 6 heteroatoms. The lowest BCUT2D eigenvalue weighted by molar-refractivity contribution is -0.144. The highest BCUT2D eigenvalue weighted by atomic mass is 16.6. The van der Waals surface area contributed by atoms with Gasteiger partial charge in [0.15, 0.2) is 0 Å². The van der Waals surface area contributed by atoms with Gasteiger partial charge in [0.25, 0.3) is 0 Å². The van der Waals surface area contributed by atoms with E-state index >= 15 is 0 Å². The Morgan fingerprint density at radius 3 is 2.32 bits per heavy atom. The van der Waals surface area contributed by atoms with Crippen molar-refractivity contribution in [2.75, 3.05) is 6.61 Å². The number of amides is 2. The summed E-state index contributed by atoms with van der Waals surface area (Å²) in [5.41, 5.74) is 1.84. The molecule has 0 saturated carbocycles. The first kappa shape index (κ1) is 19.6. The SMILES string of the molecule is CC(c1ccccc1)C(CC(=O)O)C(=O)N1C(=O)OC[C@H]1Cc1ccccc1. The van der Waals surface area contributed by atoms with Gasteiger partial charge in [-0.1, -0.05) is 67.6 Å². The summed E-state index contributed by atoms with van der Waals surface area (Å²) >= 11 is 0. The number of carbonyl (C=O) groups excluding carboxylic acids is 2. The van der Waals surface area contributed by atoms with E-state index in [1.165, 1.54) is 0 Å². The Bertz CT molecular complexity index is 837. The Labute approximate surface area is 163 Å². The molecule has 2 amide bonds. The molecular formula is C22H23NO5. The molecule has 1 heterocycles. The first-order valence-electron chi connectivity index (χ1n) is 9.28. The van der Waals surface area contributed by atoms with Crippen LogP contribution >= 0.6 is 0 Å². The van der Waals surface area contributed by atoms with E-state index in [9.17, 15) is 19.5 Å². The van der Waals surface area contributed by atoms with Crippen molar-refractivity contribution < 1.29 is 24.2 Å². The van der Waals surface area contributed by atoms with Gasteiger partial charge in [0.2, 0.25) is 5.91 Å². The average Bonchev–Trinajstić information content (AvgIpc) is 3.06. The van der Waals surface area contributed by atoms with Crippen molar-refractivity contribution in [3.8, 4) is 0 Å². The fourth-order valence-electron chi connectivity index (χ4n) is 3.60. The third-order valence-electron chi connectivity index (χ3n) is 5.15. The van der Waals surface area contributed by atoms with Crippen LogP contribution in [0.25, 0.3) is 0 Å². The highest BCUT2D eigenvalue weighted by Gasteiger charge is 2.43. The second-order valence-corrected chi connectivity index (χ2v) is 7.03. The number of hydrogen-bond acceptors (Lipinski definition) is 4. The second kappa shape index (κ2) is 8.69. The van der Waals surface area contributed by atoms with Crippen molar-refractivity contribution in [3.05, 3.63) is 71.8 Å². The number of nitrogens with zero attached hydrogens (tertiary/aromatic N) is 1. The number of carboxylic acid groups (broad SMARTS) is 1. The highest BCUT2D eigenvalue weighted by molar-refractivity contribution is 5.96. The fourth-order valence-corrected chi connectivity index (χ4v) is 3.60. The van der Waals surface area contributed by atoms with Crippen LogP contribution in [0.15, 0.2) is 60.7 Å². The molecule has 2 unspecified atom stereocenters. The van der Waals surface area contributed by atoms with E-state index in [2.05, 4.69) is 0 Å². The molecule has 1 aliphatic heterocycles. The van der Waals surface area contributed by atoms with Crippen molar-refractivity contribution in [2.24, 2.45) is 5.92 Å². The molecular weight excluding hydrogens is 358 g/mol. The molecule has 1 N–H and O–H groups in total.